The molecule has 0 saturated carbocycles. The van der Waals surface area contributed by atoms with Gasteiger partial charge in [-0.2, -0.15) is 0 Å². The molecular formula is C23H31ClN4O3S. The first-order chi connectivity index (χ1) is 15.1. The molecule has 0 aromatic heterocycles. The van der Waals surface area contributed by atoms with E-state index < -0.39 is 10.0 Å². The number of hydrogen-bond acceptors (Lipinski definition) is 4. The lowest BCUT2D eigenvalue weighted by Gasteiger charge is -2.36. The number of halogens is 1. The number of amides is 2. The van der Waals surface area contributed by atoms with Crippen LogP contribution < -0.4 is 14.9 Å². The van der Waals surface area contributed by atoms with E-state index in [1.807, 2.05) is 36.4 Å². The van der Waals surface area contributed by atoms with Crippen molar-refractivity contribution in [3.05, 3.63) is 64.2 Å². The highest BCUT2D eigenvalue weighted by Crippen LogP contribution is 2.25. The van der Waals surface area contributed by atoms with Crippen molar-refractivity contribution in [1.29, 1.82) is 0 Å². The van der Waals surface area contributed by atoms with Crippen molar-refractivity contribution in [2.24, 2.45) is 0 Å². The molecule has 1 aliphatic rings. The van der Waals surface area contributed by atoms with Crippen molar-refractivity contribution < 1.29 is 13.2 Å². The number of piperazine rings is 1. The highest BCUT2D eigenvalue weighted by Gasteiger charge is 2.22. The van der Waals surface area contributed by atoms with Crippen LogP contribution in [0.4, 0.5) is 10.5 Å². The van der Waals surface area contributed by atoms with Crippen LogP contribution in [-0.2, 0) is 22.3 Å². The molecule has 0 aliphatic carbocycles. The Morgan fingerprint density at radius 1 is 1.06 bits per heavy atom. The number of nitrogens with one attached hydrogen (secondary N) is 2. The summed E-state index contributed by atoms with van der Waals surface area (Å²) in [6.07, 6.45) is 0. The largest absolute Gasteiger partial charge is 0.368 e. The van der Waals surface area contributed by atoms with Crippen LogP contribution >= 0.6 is 11.6 Å². The van der Waals surface area contributed by atoms with Crippen molar-refractivity contribution in [3.8, 4) is 0 Å². The van der Waals surface area contributed by atoms with Gasteiger partial charge in [0.1, 0.15) is 0 Å². The fourth-order valence-corrected chi connectivity index (χ4v) is 5.49. The molecule has 2 aromatic carbocycles. The number of carbonyl (C=O) groups excluding carboxylic acids is 1. The molecule has 32 heavy (non-hydrogen) atoms. The number of anilines is 1. The second-order valence-electron chi connectivity index (χ2n) is 8.36. The predicted octanol–water partition coefficient (Wildman–Crippen LogP) is 3.51. The Balaban J connectivity index is 1.56. The lowest BCUT2D eigenvalue weighted by molar-refractivity contribution is 0.194. The van der Waals surface area contributed by atoms with Crippen LogP contribution in [0.15, 0.2) is 42.5 Å². The molecular weight excluding hydrogens is 448 g/mol. The Bertz CT molecular complexity index is 1050. The molecule has 2 aromatic rings. The lowest BCUT2D eigenvalue weighted by Crippen LogP contribution is -2.51. The van der Waals surface area contributed by atoms with Crippen LogP contribution in [0.2, 0.25) is 5.02 Å². The van der Waals surface area contributed by atoms with Gasteiger partial charge in [0.05, 0.1) is 5.75 Å². The minimum Gasteiger partial charge on any atom is -0.368 e. The molecule has 0 bridgehead atoms. The van der Waals surface area contributed by atoms with Gasteiger partial charge in [-0.25, -0.2) is 17.9 Å². The van der Waals surface area contributed by atoms with Crippen molar-refractivity contribution in [1.82, 2.24) is 14.9 Å². The number of benzene rings is 2. The molecule has 7 nitrogen and oxygen atoms in total. The molecule has 0 radical (unpaired) electrons. The molecule has 1 aliphatic heterocycles. The summed E-state index contributed by atoms with van der Waals surface area (Å²) in [4.78, 5) is 16.8. The predicted molar refractivity (Wildman–Crippen MR) is 130 cm³/mol. The molecule has 1 heterocycles. The summed E-state index contributed by atoms with van der Waals surface area (Å²) in [5, 5.41) is 3.65. The van der Waals surface area contributed by atoms with E-state index in [0.29, 0.717) is 23.7 Å². The van der Waals surface area contributed by atoms with Crippen LogP contribution in [0.5, 0.6) is 0 Å². The maximum absolute atomic E-state index is 12.7. The zero-order valence-corrected chi connectivity index (χ0v) is 20.3. The van der Waals surface area contributed by atoms with Crippen LogP contribution in [0.3, 0.4) is 0 Å². The Morgan fingerprint density at radius 2 is 1.72 bits per heavy atom. The number of aryl methyl sites for hydroxylation is 1. The average Bonchev–Trinajstić information content (AvgIpc) is 2.73. The van der Waals surface area contributed by atoms with Crippen LogP contribution in [0.25, 0.3) is 0 Å². The van der Waals surface area contributed by atoms with E-state index in [4.69, 9.17) is 11.6 Å². The maximum atomic E-state index is 12.7. The summed E-state index contributed by atoms with van der Waals surface area (Å²) in [6, 6.07) is 12.8. The zero-order valence-electron chi connectivity index (χ0n) is 18.8. The highest BCUT2D eigenvalue weighted by atomic mass is 35.5. The van der Waals surface area contributed by atoms with Gasteiger partial charge in [-0.3, -0.25) is 0 Å². The van der Waals surface area contributed by atoms with E-state index in [1.54, 1.807) is 24.8 Å². The van der Waals surface area contributed by atoms with Gasteiger partial charge in [0.15, 0.2) is 0 Å². The molecule has 0 atom stereocenters. The number of carbonyl (C=O) groups is 1. The summed E-state index contributed by atoms with van der Waals surface area (Å²) in [5.74, 6) is -0.116. The first-order valence-corrected chi connectivity index (χ1v) is 12.8. The van der Waals surface area contributed by atoms with Crippen LogP contribution in [-0.4, -0.2) is 51.6 Å². The summed E-state index contributed by atoms with van der Waals surface area (Å²) in [6.45, 7) is 8.57. The number of urea groups is 1. The quantitative estimate of drug-likeness (QED) is 0.638. The van der Waals surface area contributed by atoms with Gasteiger partial charge in [-0.05, 0) is 49.6 Å². The van der Waals surface area contributed by atoms with Crippen LogP contribution in [0.1, 0.15) is 30.5 Å². The Kier molecular flexibility index (Phi) is 8.03. The summed E-state index contributed by atoms with van der Waals surface area (Å²) in [5.41, 5.74) is 3.74. The van der Waals surface area contributed by atoms with Crippen molar-refractivity contribution in [2.45, 2.75) is 39.1 Å². The first-order valence-electron chi connectivity index (χ1n) is 10.8. The number of hydrogen-bond donors (Lipinski definition) is 2. The van der Waals surface area contributed by atoms with Crippen molar-refractivity contribution in [2.75, 3.05) is 31.1 Å². The second kappa shape index (κ2) is 10.6. The Morgan fingerprint density at radius 3 is 2.38 bits per heavy atom. The normalized spacial score (nSPS) is 14.7. The van der Waals surface area contributed by atoms with E-state index in [0.717, 1.165) is 29.9 Å². The standard InChI is InChI=1S/C23H31ClN4O3S/c1-17(2)26-32(30,31)16-20-7-5-4-6-19(20)15-25-23(29)28-12-10-27(11-13-28)22-14-21(24)9-8-18(22)3/h4-9,14,17,26H,10-13,15-16H2,1-3H3,(H,25,29). The minimum atomic E-state index is -3.44. The van der Waals surface area contributed by atoms with E-state index in [-0.39, 0.29) is 24.4 Å². The fraction of sp³-hybridized carbons (Fsp3) is 0.435. The molecule has 9 heteroatoms. The topological polar surface area (TPSA) is 81.8 Å². The van der Waals surface area contributed by atoms with Gasteiger partial charge in [0.2, 0.25) is 10.0 Å². The average molecular weight is 479 g/mol. The van der Waals surface area contributed by atoms with Gasteiger partial charge in [-0.1, -0.05) is 41.9 Å². The monoisotopic (exact) mass is 478 g/mol. The van der Waals surface area contributed by atoms with Gasteiger partial charge < -0.3 is 15.1 Å². The van der Waals surface area contributed by atoms with Crippen molar-refractivity contribution >= 4 is 33.3 Å². The smallest absolute Gasteiger partial charge is 0.317 e. The molecule has 1 fully saturated rings. The SMILES string of the molecule is Cc1ccc(Cl)cc1N1CCN(C(=O)NCc2ccccc2CS(=O)(=O)NC(C)C)CC1. The molecule has 1 saturated heterocycles. The first kappa shape index (κ1) is 24.4. The molecule has 2 amide bonds. The molecule has 0 unspecified atom stereocenters. The minimum absolute atomic E-state index is 0.116. The van der Waals surface area contributed by atoms with Gasteiger partial charge in [0, 0.05) is 49.5 Å². The second-order valence-corrected chi connectivity index (χ2v) is 10.6. The fourth-order valence-electron chi connectivity index (χ4n) is 3.83. The number of sulfonamides is 1. The summed E-state index contributed by atoms with van der Waals surface area (Å²) >= 11 is 6.15. The van der Waals surface area contributed by atoms with E-state index >= 15 is 0 Å². The number of nitrogens with zero attached hydrogens (tertiary/aromatic N) is 2. The van der Waals surface area contributed by atoms with Gasteiger partial charge in [-0.15, -0.1) is 0 Å². The maximum Gasteiger partial charge on any atom is 0.317 e. The van der Waals surface area contributed by atoms with Gasteiger partial charge in [0.25, 0.3) is 0 Å². The van der Waals surface area contributed by atoms with E-state index in [9.17, 15) is 13.2 Å². The molecule has 0 spiro atoms. The Labute approximate surface area is 195 Å². The van der Waals surface area contributed by atoms with Gasteiger partial charge >= 0.3 is 6.03 Å². The van der Waals surface area contributed by atoms with Crippen molar-refractivity contribution in [3.63, 3.8) is 0 Å². The van der Waals surface area contributed by atoms with E-state index in [2.05, 4.69) is 21.9 Å². The summed E-state index contributed by atoms with van der Waals surface area (Å²) in [7, 11) is -3.44. The molecule has 174 valence electrons. The summed E-state index contributed by atoms with van der Waals surface area (Å²) < 4.78 is 27.2. The highest BCUT2D eigenvalue weighted by molar-refractivity contribution is 7.88. The third kappa shape index (κ3) is 6.60. The third-order valence-corrected chi connectivity index (χ3v) is 7.14. The Hall–Kier alpha value is -2.29. The molecule has 2 N–H and O–H groups in total. The van der Waals surface area contributed by atoms with E-state index in [1.165, 1.54) is 0 Å². The lowest BCUT2D eigenvalue weighted by atomic mass is 10.1. The third-order valence-electron chi connectivity index (χ3n) is 5.39. The number of rotatable bonds is 7. The zero-order chi connectivity index (χ0) is 23.3. The molecule has 3 rings (SSSR count). The van der Waals surface area contributed by atoms with Crippen LogP contribution in [0, 0.1) is 6.92 Å².